The molecule has 13 nitrogen and oxygen atoms in total. The summed E-state index contributed by atoms with van der Waals surface area (Å²) in [5, 5.41) is 0. The van der Waals surface area contributed by atoms with Gasteiger partial charge in [-0.1, -0.05) is 88.2 Å². The van der Waals surface area contributed by atoms with Gasteiger partial charge in [-0.05, 0) is 85.4 Å². The summed E-state index contributed by atoms with van der Waals surface area (Å²) in [4.78, 5) is 64.4. The summed E-state index contributed by atoms with van der Waals surface area (Å²) in [6, 6.07) is 25.1. The molecule has 0 spiro atoms. The standard InChI is InChI=1S/C54H73NO12/c1-37(56)22-31-52(60)66-49-33-45(35-65-54(42-17-11-10-12-18-42,43-23-27-47(61-6)28-24-43)44-25-29-48(62-7)30-26-44)55(34-49)51(59)21-14-9-8-13-19-46(58)20-15-16-32-63-53-40(4)38(2)39(3)50(67-53)36-64-41(5)57/h10-12,17-18,23-30,38-40,45,49-50,53H,8-9,13-16,19-22,31-36H2,1-7H3/t38?,39?,40?,45-,49+,50?,53?/m0/s1. The van der Waals surface area contributed by atoms with Gasteiger partial charge >= 0.3 is 11.9 Å². The minimum Gasteiger partial charge on any atom is -0.497 e. The lowest BCUT2D eigenvalue weighted by Crippen LogP contribution is -2.47. The Morgan fingerprint density at radius 1 is 0.657 bits per heavy atom. The quantitative estimate of drug-likeness (QED) is 0.0407. The van der Waals surface area contributed by atoms with Gasteiger partial charge in [0.05, 0.1) is 45.9 Å². The van der Waals surface area contributed by atoms with Crippen LogP contribution in [0.25, 0.3) is 0 Å². The van der Waals surface area contributed by atoms with Crippen LogP contribution in [0.5, 0.6) is 11.5 Å². The molecule has 2 aliphatic heterocycles. The monoisotopic (exact) mass is 928 g/mol. The second-order valence-corrected chi connectivity index (χ2v) is 18.3. The number of unbranched alkanes of at least 4 members (excludes halogenated alkanes) is 4. The van der Waals surface area contributed by atoms with Crippen LogP contribution in [0.1, 0.15) is 128 Å². The third-order valence-corrected chi connectivity index (χ3v) is 13.5. The summed E-state index contributed by atoms with van der Waals surface area (Å²) in [5.41, 5.74) is 1.50. The maximum Gasteiger partial charge on any atom is 0.306 e. The van der Waals surface area contributed by atoms with Gasteiger partial charge in [0.25, 0.3) is 0 Å². The van der Waals surface area contributed by atoms with Crippen molar-refractivity contribution >= 4 is 29.4 Å². The van der Waals surface area contributed by atoms with Crippen molar-refractivity contribution < 1.29 is 57.1 Å². The summed E-state index contributed by atoms with van der Waals surface area (Å²) in [5.74, 6) is 1.46. The topological polar surface area (TPSA) is 153 Å². The molecule has 0 aliphatic carbocycles. The summed E-state index contributed by atoms with van der Waals surface area (Å²) in [6.45, 7) is 10.3. The van der Waals surface area contributed by atoms with E-state index in [9.17, 15) is 24.0 Å². The molecule has 5 unspecified atom stereocenters. The third-order valence-electron chi connectivity index (χ3n) is 13.5. The van der Waals surface area contributed by atoms with Crippen molar-refractivity contribution in [1.82, 2.24) is 4.90 Å². The van der Waals surface area contributed by atoms with Crippen LogP contribution >= 0.6 is 0 Å². The Labute approximate surface area is 397 Å². The minimum absolute atomic E-state index is 0.0143. The fourth-order valence-electron chi connectivity index (χ4n) is 9.15. The number of benzene rings is 3. The number of carbonyl (C=O) groups excluding carboxylic acids is 5. The molecule has 0 aromatic heterocycles. The highest BCUT2D eigenvalue weighted by Gasteiger charge is 2.43. The number of esters is 2. The highest BCUT2D eigenvalue weighted by molar-refractivity contribution is 5.81. The van der Waals surface area contributed by atoms with Crippen LogP contribution in [0.3, 0.4) is 0 Å². The van der Waals surface area contributed by atoms with Crippen molar-refractivity contribution in [2.45, 2.75) is 142 Å². The zero-order valence-electron chi connectivity index (χ0n) is 40.7. The molecular formula is C54H73NO12. The second-order valence-electron chi connectivity index (χ2n) is 18.3. The Morgan fingerprint density at radius 2 is 1.24 bits per heavy atom. The SMILES string of the molecule is COc1ccc(C(OC[C@@H]2C[C@@H](OC(=O)CCC(C)=O)CN2C(=O)CCCCCCC(=O)CCCCOC2OC(COC(C)=O)C(C)C(C)C2C)(c2ccccc2)c2ccc(OC)cc2)cc1. The van der Waals surface area contributed by atoms with E-state index in [1.807, 2.05) is 78.9 Å². The van der Waals surface area contributed by atoms with Gasteiger partial charge in [-0.2, -0.15) is 0 Å². The van der Waals surface area contributed by atoms with E-state index in [-0.39, 0.29) is 80.3 Å². The van der Waals surface area contributed by atoms with Crippen LogP contribution in [0.15, 0.2) is 78.9 Å². The first kappa shape index (κ1) is 52.9. The first-order valence-corrected chi connectivity index (χ1v) is 24.1. The van der Waals surface area contributed by atoms with Gasteiger partial charge in [-0.15, -0.1) is 0 Å². The molecule has 0 bridgehead atoms. The van der Waals surface area contributed by atoms with E-state index in [0.717, 1.165) is 48.8 Å². The largest absolute Gasteiger partial charge is 0.497 e. The number of hydrogen-bond donors (Lipinski definition) is 0. The predicted molar refractivity (Wildman–Crippen MR) is 253 cm³/mol. The summed E-state index contributed by atoms with van der Waals surface area (Å²) >= 11 is 0. The van der Waals surface area contributed by atoms with E-state index in [4.69, 9.17) is 33.2 Å². The Balaban J connectivity index is 1.15. The number of methoxy groups -OCH3 is 2. The average Bonchev–Trinajstić information content (AvgIpc) is 3.74. The number of ketones is 2. The molecule has 366 valence electrons. The number of nitrogens with zero attached hydrogens (tertiary/aromatic N) is 1. The fourth-order valence-corrected chi connectivity index (χ4v) is 9.15. The van der Waals surface area contributed by atoms with E-state index in [0.29, 0.717) is 56.1 Å². The van der Waals surface area contributed by atoms with Crippen LogP contribution in [-0.2, 0) is 53.3 Å². The van der Waals surface area contributed by atoms with Crippen molar-refractivity contribution in [2.24, 2.45) is 17.8 Å². The lowest BCUT2D eigenvalue weighted by Gasteiger charge is -2.43. The van der Waals surface area contributed by atoms with Crippen LogP contribution in [0, 0.1) is 17.8 Å². The Kier molecular flexibility index (Phi) is 20.9. The predicted octanol–water partition coefficient (Wildman–Crippen LogP) is 9.19. The van der Waals surface area contributed by atoms with Crippen molar-refractivity contribution in [1.29, 1.82) is 0 Å². The van der Waals surface area contributed by atoms with Crippen molar-refractivity contribution in [3.8, 4) is 11.5 Å². The van der Waals surface area contributed by atoms with Crippen molar-refractivity contribution in [3.63, 3.8) is 0 Å². The molecule has 0 saturated carbocycles. The molecule has 2 aliphatic rings. The molecule has 7 atom stereocenters. The van der Waals surface area contributed by atoms with Gasteiger partial charge in [-0.3, -0.25) is 19.2 Å². The van der Waals surface area contributed by atoms with Gasteiger partial charge in [0.2, 0.25) is 5.91 Å². The number of carbonyl (C=O) groups is 5. The first-order chi connectivity index (χ1) is 32.2. The molecule has 2 saturated heterocycles. The molecule has 0 radical (unpaired) electrons. The Hall–Kier alpha value is -5.11. The second kappa shape index (κ2) is 26.4. The third kappa shape index (κ3) is 15.2. The summed E-state index contributed by atoms with van der Waals surface area (Å²) in [7, 11) is 3.25. The van der Waals surface area contributed by atoms with Gasteiger partial charge in [0, 0.05) is 51.6 Å². The first-order valence-electron chi connectivity index (χ1n) is 24.1. The molecule has 0 N–H and O–H groups in total. The number of hydrogen-bond acceptors (Lipinski definition) is 12. The zero-order chi connectivity index (χ0) is 48.3. The number of ether oxygens (including phenoxy) is 7. The molecule has 5 rings (SSSR count). The van der Waals surface area contributed by atoms with Crippen LogP contribution in [-0.4, -0.2) is 99.4 Å². The molecule has 3 aromatic carbocycles. The van der Waals surface area contributed by atoms with E-state index >= 15 is 0 Å². The van der Waals surface area contributed by atoms with E-state index < -0.39 is 23.7 Å². The van der Waals surface area contributed by atoms with Gasteiger partial charge < -0.3 is 42.9 Å². The van der Waals surface area contributed by atoms with Crippen LogP contribution < -0.4 is 9.47 Å². The summed E-state index contributed by atoms with van der Waals surface area (Å²) < 4.78 is 41.6. The Bertz CT molecular complexity index is 1970. The van der Waals surface area contributed by atoms with E-state index in [2.05, 4.69) is 20.8 Å². The maximum absolute atomic E-state index is 14.1. The highest BCUT2D eigenvalue weighted by Crippen LogP contribution is 2.43. The van der Waals surface area contributed by atoms with Gasteiger partial charge in [0.1, 0.15) is 41.4 Å². The summed E-state index contributed by atoms with van der Waals surface area (Å²) in [6.07, 6.45) is 5.14. The molecular weight excluding hydrogens is 855 g/mol. The maximum atomic E-state index is 14.1. The molecule has 67 heavy (non-hydrogen) atoms. The van der Waals surface area contributed by atoms with E-state index in [1.54, 1.807) is 19.1 Å². The number of rotatable bonds is 27. The van der Waals surface area contributed by atoms with E-state index in [1.165, 1.54) is 13.8 Å². The molecule has 13 heteroatoms. The highest BCUT2D eigenvalue weighted by atomic mass is 16.7. The molecule has 3 aromatic rings. The van der Waals surface area contributed by atoms with Crippen molar-refractivity contribution in [2.75, 3.05) is 40.6 Å². The molecule has 1 amide bonds. The smallest absolute Gasteiger partial charge is 0.306 e. The lowest BCUT2D eigenvalue weighted by atomic mass is 9.79. The van der Waals surface area contributed by atoms with Crippen LogP contribution in [0.2, 0.25) is 0 Å². The molecule has 2 fully saturated rings. The number of likely N-dealkylation sites (tertiary alicyclic amines) is 1. The number of amides is 1. The van der Waals surface area contributed by atoms with Gasteiger partial charge in [0.15, 0.2) is 6.29 Å². The fraction of sp³-hybridized carbons (Fsp3) is 0.574. The normalized spacial score (nSPS) is 21.7. The minimum atomic E-state index is -1.10. The average molecular weight is 928 g/mol. The number of Topliss-reactive ketones (excluding diaryl/α,β-unsaturated/α-hetero) is 2. The zero-order valence-corrected chi connectivity index (χ0v) is 40.7. The van der Waals surface area contributed by atoms with Crippen molar-refractivity contribution in [3.05, 3.63) is 95.6 Å². The lowest BCUT2D eigenvalue weighted by molar-refractivity contribution is -0.255. The van der Waals surface area contributed by atoms with Crippen LogP contribution in [0.4, 0.5) is 0 Å². The Morgan fingerprint density at radius 3 is 1.82 bits per heavy atom. The van der Waals surface area contributed by atoms with Gasteiger partial charge in [-0.25, -0.2) is 0 Å². The molecule has 2 heterocycles.